The summed E-state index contributed by atoms with van der Waals surface area (Å²) in [6.07, 6.45) is 0.967. The predicted octanol–water partition coefficient (Wildman–Crippen LogP) is 3.32. The topological polar surface area (TPSA) is 27.0 Å². The van der Waals surface area contributed by atoms with Crippen molar-refractivity contribution < 1.29 is 4.39 Å². The van der Waals surface area contributed by atoms with Gasteiger partial charge in [-0.15, -0.1) is 0 Å². The Morgan fingerprint density at radius 1 is 1.44 bits per heavy atom. The van der Waals surface area contributed by atoms with E-state index in [-0.39, 0.29) is 5.56 Å². The van der Waals surface area contributed by atoms with Gasteiger partial charge in [-0.2, -0.15) is 5.26 Å². The molecule has 1 aromatic rings. The van der Waals surface area contributed by atoms with Gasteiger partial charge in [0, 0.05) is 12.6 Å². The highest BCUT2D eigenvalue weighted by Gasteiger charge is 2.16. The van der Waals surface area contributed by atoms with Crippen LogP contribution in [0, 0.1) is 17.1 Å². The molecule has 0 N–H and O–H groups in total. The zero-order chi connectivity index (χ0) is 12.1. The monoisotopic (exact) mass is 220 g/mol. The van der Waals surface area contributed by atoms with Crippen LogP contribution in [-0.2, 0) is 0 Å². The van der Waals surface area contributed by atoms with Gasteiger partial charge in [-0.05, 0) is 32.4 Å². The van der Waals surface area contributed by atoms with E-state index in [1.807, 2.05) is 13.0 Å². The third-order valence-corrected chi connectivity index (χ3v) is 2.88. The van der Waals surface area contributed by atoms with Crippen molar-refractivity contribution in [2.45, 2.75) is 33.2 Å². The van der Waals surface area contributed by atoms with E-state index in [1.165, 1.54) is 6.07 Å². The number of hydrogen-bond donors (Lipinski definition) is 0. The lowest BCUT2D eigenvalue weighted by Gasteiger charge is -2.30. The Labute approximate surface area is 96.3 Å². The largest absolute Gasteiger partial charge is 0.368 e. The highest BCUT2D eigenvalue weighted by molar-refractivity contribution is 5.60. The fourth-order valence-electron chi connectivity index (χ4n) is 1.80. The number of benzene rings is 1. The summed E-state index contributed by atoms with van der Waals surface area (Å²) < 4.78 is 13.5. The second kappa shape index (κ2) is 5.50. The van der Waals surface area contributed by atoms with Crippen LogP contribution in [0.4, 0.5) is 10.1 Å². The van der Waals surface area contributed by atoms with Gasteiger partial charge in [0.25, 0.3) is 0 Å². The predicted molar refractivity (Wildman–Crippen MR) is 63.9 cm³/mol. The van der Waals surface area contributed by atoms with E-state index in [9.17, 15) is 4.39 Å². The van der Waals surface area contributed by atoms with Gasteiger partial charge in [-0.1, -0.05) is 13.0 Å². The first-order valence-corrected chi connectivity index (χ1v) is 5.60. The first kappa shape index (κ1) is 12.5. The van der Waals surface area contributed by atoms with Crippen molar-refractivity contribution in [3.63, 3.8) is 0 Å². The molecule has 0 radical (unpaired) electrons. The van der Waals surface area contributed by atoms with Gasteiger partial charge < -0.3 is 4.90 Å². The highest BCUT2D eigenvalue weighted by atomic mass is 19.1. The second-order valence-electron chi connectivity index (χ2n) is 3.79. The molecular formula is C13H17FN2. The van der Waals surface area contributed by atoms with Crippen LogP contribution < -0.4 is 4.90 Å². The van der Waals surface area contributed by atoms with Crippen LogP contribution in [0.1, 0.15) is 32.8 Å². The molecule has 86 valence electrons. The summed E-state index contributed by atoms with van der Waals surface area (Å²) in [5.41, 5.74) is 0.837. The van der Waals surface area contributed by atoms with Crippen LogP contribution in [0.2, 0.25) is 0 Å². The summed E-state index contributed by atoms with van der Waals surface area (Å²) in [5.74, 6) is -0.443. The van der Waals surface area contributed by atoms with Crippen molar-refractivity contribution in [2.24, 2.45) is 0 Å². The third-order valence-electron chi connectivity index (χ3n) is 2.88. The van der Waals surface area contributed by atoms with Gasteiger partial charge in [-0.25, -0.2) is 4.39 Å². The van der Waals surface area contributed by atoms with Crippen molar-refractivity contribution in [1.29, 1.82) is 5.26 Å². The standard InChI is InChI=1S/C13H17FN2/c1-4-10(3)16(5-2)13-8-6-7-12(14)11(13)9-15/h6-8,10H,4-5H2,1-3H3. The molecule has 2 nitrogen and oxygen atoms in total. The third kappa shape index (κ3) is 2.33. The van der Waals surface area contributed by atoms with Crippen LogP contribution in [0.3, 0.4) is 0 Å². The van der Waals surface area contributed by atoms with E-state index in [1.54, 1.807) is 12.1 Å². The molecule has 3 heteroatoms. The Balaban J connectivity index is 3.20. The van der Waals surface area contributed by atoms with E-state index in [0.29, 0.717) is 11.7 Å². The minimum absolute atomic E-state index is 0.143. The van der Waals surface area contributed by atoms with Crippen molar-refractivity contribution in [3.05, 3.63) is 29.6 Å². The number of nitrogens with zero attached hydrogens (tertiary/aromatic N) is 2. The Morgan fingerprint density at radius 2 is 2.12 bits per heavy atom. The van der Waals surface area contributed by atoms with E-state index in [4.69, 9.17) is 5.26 Å². The van der Waals surface area contributed by atoms with Crippen LogP contribution in [-0.4, -0.2) is 12.6 Å². The Kier molecular flexibility index (Phi) is 4.30. The summed E-state index contributed by atoms with van der Waals surface area (Å²) in [4.78, 5) is 2.06. The van der Waals surface area contributed by atoms with Crippen molar-refractivity contribution in [1.82, 2.24) is 0 Å². The molecule has 0 aliphatic heterocycles. The maximum absolute atomic E-state index is 13.5. The lowest BCUT2D eigenvalue weighted by Crippen LogP contribution is -2.33. The minimum Gasteiger partial charge on any atom is -0.368 e. The smallest absolute Gasteiger partial charge is 0.143 e. The molecule has 1 aromatic carbocycles. The molecule has 0 spiro atoms. The van der Waals surface area contributed by atoms with Gasteiger partial charge in [-0.3, -0.25) is 0 Å². The first-order valence-electron chi connectivity index (χ1n) is 5.60. The van der Waals surface area contributed by atoms with E-state index in [0.717, 1.165) is 13.0 Å². The summed E-state index contributed by atoms with van der Waals surface area (Å²) >= 11 is 0. The van der Waals surface area contributed by atoms with Gasteiger partial charge in [0.2, 0.25) is 0 Å². The zero-order valence-electron chi connectivity index (χ0n) is 10.00. The molecule has 0 bridgehead atoms. The lowest BCUT2D eigenvalue weighted by atomic mass is 10.1. The van der Waals surface area contributed by atoms with Gasteiger partial charge in [0.1, 0.15) is 17.4 Å². The average Bonchev–Trinajstić information content (AvgIpc) is 2.30. The number of halogens is 1. The maximum Gasteiger partial charge on any atom is 0.143 e. The van der Waals surface area contributed by atoms with Crippen molar-refractivity contribution in [3.8, 4) is 6.07 Å². The van der Waals surface area contributed by atoms with E-state index < -0.39 is 5.82 Å². The Hall–Kier alpha value is -1.56. The maximum atomic E-state index is 13.5. The van der Waals surface area contributed by atoms with Crippen LogP contribution >= 0.6 is 0 Å². The SMILES string of the molecule is CCC(C)N(CC)c1cccc(F)c1C#N. The molecule has 0 saturated heterocycles. The molecule has 1 unspecified atom stereocenters. The summed E-state index contributed by atoms with van der Waals surface area (Å²) in [6.45, 7) is 6.94. The molecule has 16 heavy (non-hydrogen) atoms. The fraction of sp³-hybridized carbons (Fsp3) is 0.462. The molecule has 0 fully saturated rings. The molecule has 0 amide bonds. The van der Waals surface area contributed by atoms with Gasteiger partial charge >= 0.3 is 0 Å². The average molecular weight is 220 g/mol. The fourth-order valence-corrected chi connectivity index (χ4v) is 1.80. The minimum atomic E-state index is -0.443. The van der Waals surface area contributed by atoms with Crippen molar-refractivity contribution >= 4 is 5.69 Å². The Morgan fingerprint density at radius 3 is 2.62 bits per heavy atom. The molecule has 0 aliphatic rings. The van der Waals surface area contributed by atoms with E-state index in [2.05, 4.69) is 18.7 Å². The molecule has 0 saturated carbocycles. The highest BCUT2D eigenvalue weighted by Crippen LogP contribution is 2.24. The lowest BCUT2D eigenvalue weighted by molar-refractivity contribution is 0.608. The molecule has 0 heterocycles. The number of rotatable bonds is 4. The van der Waals surface area contributed by atoms with Crippen LogP contribution in [0.5, 0.6) is 0 Å². The van der Waals surface area contributed by atoms with Gasteiger partial charge in [0.05, 0.1) is 5.69 Å². The molecular weight excluding hydrogens is 203 g/mol. The van der Waals surface area contributed by atoms with Gasteiger partial charge in [0.15, 0.2) is 0 Å². The summed E-state index contributed by atoms with van der Waals surface area (Å²) in [6, 6.07) is 7.02. The number of nitriles is 1. The summed E-state index contributed by atoms with van der Waals surface area (Å²) in [7, 11) is 0. The van der Waals surface area contributed by atoms with E-state index >= 15 is 0 Å². The summed E-state index contributed by atoms with van der Waals surface area (Å²) in [5, 5.41) is 8.98. The normalized spacial score (nSPS) is 11.9. The molecule has 0 aromatic heterocycles. The van der Waals surface area contributed by atoms with Crippen LogP contribution in [0.25, 0.3) is 0 Å². The zero-order valence-corrected chi connectivity index (χ0v) is 10.00. The quantitative estimate of drug-likeness (QED) is 0.778. The van der Waals surface area contributed by atoms with Crippen molar-refractivity contribution in [2.75, 3.05) is 11.4 Å². The molecule has 1 atom stereocenters. The second-order valence-corrected chi connectivity index (χ2v) is 3.79. The first-order chi connectivity index (χ1) is 7.65. The number of anilines is 1. The molecule has 0 aliphatic carbocycles. The number of hydrogen-bond acceptors (Lipinski definition) is 2. The van der Waals surface area contributed by atoms with Crippen LogP contribution in [0.15, 0.2) is 18.2 Å². The molecule has 1 rings (SSSR count). The Bertz CT molecular complexity index is 395.